The number of aromatic nitrogens is 1. The number of hydrogen-bond donors (Lipinski definition) is 2. The van der Waals surface area contributed by atoms with Crippen molar-refractivity contribution in [3.63, 3.8) is 0 Å². The van der Waals surface area contributed by atoms with Crippen molar-refractivity contribution >= 4 is 12.3 Å². The summed E-state index contributed by atoms with van der Waals surface area (Å²) in [6.45, 7) is 1.61. The highest BCUT2D eigenvalue weighted by Gasteiger charge is 2.09. The number of aromatic carboxylic acids is 1. The summed E-state index contributed by atoms with van der Waals surface area (Å²) < 4.78 is 0. The zero-order valence-corrected chi connectivity index (χ0v) is 5.92. The second-order valence-corrected chi connectivity index (χ2v) is 2.19. The van der Waals surface area contributed by atoms with Gasteiger partial charge < -0.3 is 10.1 Å². The highest BCUT2D eigenvalue weighted by Crippen LogP contribution is 2.07. The summed E-state index contributed by atoms with van der Waals surface area (Å²) in [5, 5.41) is 8.54. The van der Waals surface area contributed by atoms with Crippen LogP contribution in [0.25, 0.3) is 0 Å². The van der Waals surface area contributed by atoms with Crippen LogP contribution in [-0.4, -0.2) is 22.3 Å². The molecule has 11 heavy (non-hydrogen) atoms. The fourth-order valence-electron chi connectivity index (χ4n) is 0.869. The van der Waals surface area contributed by atoms with E-state index in [1.165, 1.54) is 6.07 Å². The lowest BCUT2D eigenvalue weighted by Crippen LogP contribution is -1.95. The summed E-state index contributed by atoms with van der Waals surface area (Å²) in [5.74, 6) is -1.02. The van der Waals surface area contributed by atoms with Crippen LogP contribution in [0.3, 0.4) is 0 Å². The maximum absolute atomic E-state index is 10.4. The van der Waals surface area contributed by atoms with E-state index in [4.69, 9.17) is 5.11 Å². The summed E-state index contributed by atoms with van der Waals surface area (Å²) in [6.07, 6.45) is 0.583. The highest BCUT2D eigenvalue weighted by molar-refractivity contribution is 5.91. The van der Waals surface area contributed by atoms with Crippen molar-refractivity contribution in [2.45, 2.75) is 6.92 Å². The number of carbonyl (C=O) groups excluding carboxylic acids is 1. The normalized spacial score (nSPS) is 9.55. The third kappa shape index (κ3) is 1.29. The smallest absolute Gasteiger partial charge is 0.337 e. The van der Waals surface area contributed by atoms with Gasteiger partial charge in [0, 0.05) is 5.69 Å². The van der Waals surface area contributed by atoms with E-state index in [1.807, 2.05) is 0 Å². The zero-order valence-electron chi connectivity index (χ0n) is 5.92. The van der Waals surface area contributed by atoms with Gasteiger partial charge in [0.1, 0.15) is 0 Å². The van der Waals surface area contributed by atoms with Gasteiger partial charge in [-0.1, -0.05) is 0 Å². The molecule has 1 aromatic rings. The van der Waals surface area contributed by atoms with Gasteiger partial charge >= 0.3 is 5.97 Å². The number of carbonyl (C=O) groups is 2. The average Bonchev–Trinajstić information content (AvgIpc) is 2.30. The van der Waals surface area contributed by atoms with E-state index >= 15 is 0 Å². The second kappa shape index (κ2) is 2.57. The van der Waals surface area contributed by atoms with Gasteiger partial charge in [-0.25, -0.2) is 4.79 Å². The summed E-state index contributed by atoms with van der Waals surface area (Å²) in [7, 11) is 0. The largest absolute Gasteiger partial charge is 0.478 e. The van der Waals surface area contributed by atoms with E-state index < -0.39 is 5.97 Å². The van der Waals surface area contributed by atoms with Crippen LogP contribution in [-0.2, 0) is 0 Å². The summed E-state index contributed by atoms with van der Waals surface area (Å²) >= 11 is 0. The Morgan fingerprint density at radius 3 is 2.64 bits per heavy atom. The Balaban J connectivity index is 3.16. The number of H-pyrrole nitrogens is 1. The molecule has 0 bridgehead atoms. The molecule has 58 valence electrons. The number of rotatable bonds is 2. The molecule has 0 spiro atoms. The van der Waals surface area contributed by atoms with Crippen molar-refractivity contribution in [3.05, 3.63) is 23.0 Å². The topological polar surface area (TPSA) is 70.2 Å². The number of aryl methyl sites for hydroxylation is 1. The highest BCUT2D eigenvalue weighted by atomic mass is 16.4. The van der Waals surface area contributed by atoms with Gasteiger partial charge in [0.05, 0.1) is 11.3 Å². The molecule has 0 radical (unpaired) electrons. The molecule has 0 aliphatic rings. The van der Waals surface area contributed by atoms with Gasteiger partial charge in [0.2, 0.25) is 0 Å². The molecule has 1 aromatic heterocycles. The summed E-state index contributed by atoms with van der Waals surface area (Å²) in [5.41, 5.74) is 0.937. The van der Waals surface area contributed by atoms with Gasteiger partial charge in [0.15, 0.2) is 6.29 Å². The molecule has 0 amide bonds. The standard InChI is InChI=1S/C7H7NO3/c1-4-6(7(10)11)2-5(3-9)8-4/h2-3,8H,1H3,(H,10,11). The molecule has 4 heteroatoms. The number of nitrogens with one attached hydrogen (secondary N) is 1. The molecule has 0 atom stereocenters. The number of aromatic amines is 1. The molecule has 0 unspecified atom stereocenters. The van der Waals surface area contributed by atoms with Crippen molar-refractivity contribution in [2.75, 3.05) is 0 Å². The van der Waals surface area contributed by atoms with Crippen molar-refractivity contribution in [2.24, 2.45) is 0 Å². The Labute approximate surface area is 62.9 Å². The monoisotopic (exact) mass is 153 g/mol. The SMILES string of the molecule is Cc1[nH]c(C=O)cc1C(=O)O. The van der Waals surface area contributed by atoms with Crippen molar-refractivity contribution in [1.82, 2.24) is 4.98 Å². The van der Waals surface area contributed by atoms with Crippen LogP contribution in [0.15, 0.2) is 6.07 Å². The number of aldehydes is 1. The van der Waals surface area contributed by atoms with Gasteiger partial charge in [-0.3, -0.25) is 4.79 Å². The maximum atomic E-state index is 10.4. The fraction of sp³-hybridized carbons (Fsp3) is 0.143. The van der Waals surface area contributed by atoms with Crippen LogP contribution in [0.4, 0.5) is 0 Å². The third-order valence-electron chi connectivity index (χ3n) is 1.39. The van der Waals surface area contributed by atoms with Crippen LogP contribution in [0.5, 0.6) is 0 Å². The Morgan fingerprint density at radius 2 is 2.36 bits per heavy atom. The number of carboxylic acid groups (broad SMARTS) is 1. The first kappa shape index (κ1) is 7.53. The minimum absolute atomic E-state index is 0.145. The molecule has 0 fully saturated rings. The molecule has 1 heterocycles. The average molecular weight is 153 g/mol. The molecule has 0 aromatic carbocycles. The van der Waals surface area contributed by atoms with Gasteiger partial charge in [-0.05, 0) is 13.0 Å². The third-order valence-corrected chi connectivity index (χ3v) is 1.39. The lowest BCUT2D eigenvalue weighted by atomic mass is 10.2. The van der Waals surface area contributed by atoms with E-state index in [0.29, 0.717) is 17.7 Å². The van der Waals surface area contributed by atoms with Crippen LogP contribution in [0.1, 0.15) is 26.5 Å². The quantitative estimate of drug-likeness (QED) is 0.618. The molecule has 2 N–H and O–H groups in total. The van der Waals surface area contributed by atoms with Crippen molar-refractivity contribution in [1.29, 1.82) is 0 Å². The van der Waals surface area contributed by atoms with Crippen LogP contribution in [0, 0.1) is 6.92 Å². The van der Waals surface area contributed by atoms with Crippen molar-refractivity contribution in [3.8, 4) is 0 Å². The van der Waals surface area contributed by atoms with E-state index in [2.05, 4.69) is 4.98 Å². The first-order valence-corrected chi connectivity index (χ1v) is 3.03. The maximum Gasteiger partial charge on any atom is 0.337 e. The zero-order chi connectivity index (χ0) is 8.43. The summed E-state index contributed by atoms with van der Waals surface area (Å²) in [4.78, 5) is 23.2. The predicted octanol–water partition coefficient (Wildman–Crippen LogP) is 0.834. The second-order valence-electron chi connectivity index (χ2n) is 2.19. The van der Waals surface area contributed by atoms with Crippen LogP contribution < -0.4 is 0 Å². The molecular weight excluding hydrogens is 146 g/mol. The molecule has 0 saturated heterocycles. The van der Waals surface area contributed by atoms with E-state index in [9.17, 15) is 9.59 Å². The predicted molar refractivity (Wildman–Crippen MR) is 37.9 cm³/mol. The Bertz CT molecular complexity index is 301. The molecule has 1 rings (SSSR count). The van der Waals surface area contributed by atoms with Gasteiger partial charge in [-0.2, -0.15) is 0 Å². The van der Waals surface area contributed by atoms with E-state index in [1.54, 1.807) is 6.92 Å². The van der Waals surface area contributed by atoms with Crippen molar-refractivity contribution < 1.29 is 14.7 Å². The minimum atomic E-state index is -1.02. The fourth-order valence-corrected chi connectivity index (χ4v) is 0.869. The molecular formula is C7H7NO3. The van der Waals surface area contributed by atoms with Crippen LogP contribution >= 0.6 is 0 Å². The van der Waals surface area contributed by atoms with Gasteiger partial charge in [0.25, 0.3) is 0 Å². The number of hydrogen-bond acceptors (Lipinski definition) is 2. The molecule has 4 nitrogen and oxygen atoms in total. The summed E-state index contributed by atoms with van der Waals surface area (Å²) in [6, 6.07) is 1.31. The Hall–Kier alpha value is -1.58. The first-order chi connectivity index (χ1) is 5.15. The molecule has 0 aliphatic heterocycles. The Morgan fingerprint density at radius 1 is 1.73 bits per heavy atom. The molecule has 0 saturated carbocycles. The first-order valence-electron chi connectivity index (χ1n) is 3.03. The van der Waals surface area contributed by atoms with E-state index in [0.717, 1.165) is 0 Å². The molecule has 0 aliphatic carbocycles. The van der Waals surface area contributed by atoms with Crippen LogP contribution in [0.2, 0.25) is 0 Å². The van der Waals surface area contributed by atoms with E-state index in [-0.39, 0.29) is 5.56 Å². The lowest BCUT2D eigenvalue weighted by Gasteiger charge is -1.87. The minimum Gasteiger partial charge on any atom is -0.478 e. The lowest BCUT2D eigenvalue weighted by molar-refractivity contribution is 0.0696. The van der Waals surface area contributed by atoms with Gasteiger partial charge in [-0.15, -0.1) is 0 Å². The Kier molecular flexibility index (Phi) is 1.76. The number of carboxylic acids is 1.